The summed E-state index contributed by atoms with van der Waals surface area (Å²) in [4.78, 5) is 21.9. The second kappa shape index (κ2) is 33.0. The van der Waals surface area contributed by atoms with Gasteiger partial charge in [0.05, 0.1) is 12.5 Å². The minimum atomic E-state index is -0.695. The molecule has 2 atom stereocenters. The largest absolute Gasteiger partial charge is 0.381 e. The van der Waals surface area contributed by atoms with E-state index in [1.165, 1.54) is 0 Å². The molecule has 2 unspecified atom stereocenters. The van der Waals surface area contributed by atoms with E-state index in [2.05, 4.69) is 5.32 Å². The van der Waals surface area contributed by atoms with Gasteiger partial charge in [0.25, 0.3) is 5.91 Å². The predicted molar refractivity (Wildman–Crippen MR) is 68.1 cm³/mol. The Morgan fingerprint density at radius 3 is 1.67 bits per heavy atom. The Labute approximate surface area is 133 Å². The van der Waals surface area contributed by atoms with Crippen molar-refractivity contribution in [2.24, 2.45) is 11.8 Å². The van der Waals surface area contributed by atoms with Crippen LogP contribution in [0.15, 0.2) is 0 Å². The van der Waals surface area contributed by atoms with Gasteiger partial charge in [0.15, 0.2) is 0 Å². The van der Waals surface area contributed by atoms with Crippen molar-refractivity contribution in [3.05, 3.63) is 0 Å². The van der Waals surface area contributed by atoms with Crippen LogP contribution in [0.25, 0.3) is 0 Å². The summed E-state index contributed by atoms with van der Waals surface area (Å²) in [6.45, 7) is 3.88. The Kier molecular flexibility index (Phi) is 46.5. The van der Waals surface area contributed by atoms with Gasteiger partial charge in [0.1, 0.15) is 0 Å². The van der Waals surface area contributed by atoms with E-state index >= 15 is 0 Å². The van der Waals surface area contributed by atoms with Gasteiger partial charge in [0.2, 0.25) is 5.91 Å². The van der Waals surface area contributed by atoms with Crippen LogP contribution in [0, 0.1) is 11.8 Å². The van der Waals surface area contributed by atoms with Gasteiger partial charge < -0.3 is 10.1 Å². The first-order valence-electron chi connectivity index (χ1n) is 5.79. The molecule has 0 aliphatic heterocycles. The summed E-state index contributed by atoms with van der Waals surface area (Å²) in [6, 6.07) is 0. The summed E-state index contributed by atoms with van der Waals surface area (Å²) in [6.07, 6.45) is 0.573. The highest BCUT2D eigenvalue weighted by Crippen LogP contribution is 2.03. The third kappa shape index (κ3) is 25.2. The SMILES string of the molecule is CNC(=O)C(C)CCOCC(C)C(=O)NF.FF.FF.FF.FF.[HH]. The standard InChI is InChI=1S/C10H19FN2O3.4F2.H2/c1-7(9(14)12-3)4-5-16-6-8(2)10(15)13-11;4*1-2;/h7-8H,4-6H2,1-3H3,(H,12,14)(H,13,15);;;;;1H. The van der Waals surface area contributed by atoms with Crippen molar-refractivity contribution in [2.45, 2.75) is 20.3 Å². The average molecular weight is 388 g/mol. The molecule has 2 amide bonds. The molecule has 0 radical (unpaired) electrons. The summed E-state index contributed by atoms with van der Waals surface area (Å²) in [7, 11) is 1.58. The summed E-state index contributed by atoms with van der Waals surface area (Å²) >= 11 is 0. The monoisotopic (exact) mass is 388 g/mol. The first-order chi connectivity index (χ1) is 11.5. The van der Waals surface area contributed by atoms with Crippen LogP contribution in [0.4, 0.5) is 41.1 Å². The molecule has 0 bridgehead atoms. The number of halogens is 9. The molecule has 152 valence electrons. The minimum absolute atomic E-state index is 0. The van der Waals surface area contributed by atoms with Crippen LogP contribution in [0.2, 0.25) is 0 Å². The summed E-state index contributed by atoms with van der Waals surface area (Å²) in [5.74, 6) is -1.40. The zero-order chi connectivity index (χ0) is 20.6. The Balaban J connectivity index is -0.0000000874. The molecule has 0 aliphatic carbocycles. The van der Waals surface area contributed by atoms with Crippen LogP contribution in [0.3, 0.4) is 0 Å². The maximum Gasteiger partial charge on any atom is 0.252 e. The minimum Gasteiger partial charge on any atom is -0.381 e. The predicted octanol–water partition coefficient (Wildman–Crippen LogP) is 4.02. The molecular weight excluding hydrogens is 367 g/mol. The summed E-state index contributed by atoms with van der Waals surface area (Å²) in [5, 5.41) is 2.53. The number of nitrogens with one attached hydrogen (secondary N) is 2. The van der Waals surface area contributed by atoms with Crippen molar-refractivity contribution in [3.63, 3.8) is 0 Å². The molecule has 0 saturated carbocycles. The normalized spacial score (nSPS) is 10.3. The number of carbonyl (C=O) groups is 2. The fourth-order valence-electron chi connectivity index (χ4n) is 1.07. The van der Waals surface area contributed by atoms with Gasteiger partial charge in [0, 0.05) is 57.6 Å². The summed E-state index contributed by atoms with van der Waals surface area (Å²) < 4.78 is 80.9. The van der Waals surface area contributed by atoms with Crippen LogP contribution >= 0.6 is 0 Å². The van der Waals surface area contributed by atoms with Crippen molar-refractivity contribution in [1.29, 1.82) is 0 Å². The second-order valence-electron chi connectivity index (χ2n) is 3.74. The van der Waals surface area contributed by atoms with E-state index in [0.717, 1.165) is 5.54 Å². The van der Waals surface area contributed by atoms with Crippen LogP contribution in [0.1, 0.15) is 21.7 Å². The Morgan fingerprint density at radius 2 is 1.33 bits per heavy atom. The number of ether oxygens (including phenoxy) is 1. The molecule has 0 rings (SSSR count). The lowest BCUT2D eigenvalue weighted by Gasteiger charge is -2.12. The Bertz CT molecular complexity index is 236. The van der Waals surface area contributed by atoms with Crippen molar-refractivity contribution in [2.75, 3.05) is 20.3 Å². The second-order valence-corrected chi connectivity index (χ2v) is 3.74. The molecular formula is C10H21F9N2O3. The van der Waals surface area contributed by atoms with Crippen LogP contribution in [0.5, 0.6) is 0 Å². The van der Waals surface area contributed by atoms with E-state index in [1.54, 1.807) is 20.9 Å². The fraction of sp³-hybridized carbons (Fsp3) is 0.800. The fourth-order valence-corrected chi connectivity index (χ4v) is 1.07. The van der Waals surface area contributed by atoms with E-state index in [9.17, 15) is 14.1 Å². The molecule has 0 saturated heterocycles. The van der Waals surface area contributed by atoms with Gasteiger partial charge in [-0.2, -0.15) is 5.54 Å². The van der Waals surface area contributed by atoms with Gasteiger partial charge >= 0.3 is 0 Å². The van der Waals surface area contributed by atoms with E-state index in [1.807, 2.05) is 0 Å². The summed E-state index contributed by atoms with van der Waals surface area (Å²) in [5.41, 5.74) is 1.06. The third-order valence-corrected chi connectivity index (χ3v) is 2.30. The zero-order valence-electron chi connectivity index (χ0n) is 12.9. The molecule has 0 aromatic heterocycles. The van der Waals surface area contributed by atoms with Crippen LogP contribution in [-0.4, -0.2) is 32.1 Å². The smallest absolute Gasteiger partial charge is 0.252 e. The van der Waals surface area contributed by atoms with Crippen molar-refractivity contribution in [3.8, 4) is 0 Å². The Hall–Kier alpha value is -1.73. The first kappa shape index (κ1) is 33.8. The molecule has 2 N–H and O–H groups in total. The molecule has 24 heavy (non-hydrogen) atoms. The molecule has 14 heteroatoms. The van der Waals surface area contributed by atoms with E-state index < -0.39 is 11.8 Å². The highest BCUT2D eigenvalue weighted by atomic mass is 20.0. The van der Waals surface area contributed by atoms with Crippen molar-refractivity contribution < 1.29 is 56.8 Å². The topological polar surface area (TPSA) is 67.4 Å². The lowest BCUT2D eigenvalue weighted by atomic mass is 10.1. The molecule has 0 heterocycles. The molecule has 0 aliphatic rings. The lowest BCUT2D eigenvalue weighted by molar-refractivity contribution is -0.131. The van der Waals surface area contributed by atoms with Gasteiger partial charge in [-0.05, 0) is 6.42 Å². The maximum atomic E-state index is 11.7. The molecule has 5 nitrogen and oxygen atoms in total. The zero-order valence-corrected chi connectivity index (χ0v) is 12.9. The van der Waals surface area contributed by atoms with Crippen molar-refractivity contribution >= 4 is 11.8 Å². The molecule has 0 fully saturated rings. The third-order valence-electron chi connectivity index (χ3n) is 2.30. The quantitative estimate of drug-likeness (QED) is 0.393. The van der Waals surface area contributed by atoms with Crippen LogP contribution < -0.4 is 10.9 Å². The number of carbonyl (C=O) groups excluding carboxylic acids is 2. The van der Waals surface area contributed by atoms with E-state index in [-0.39, 0.29) is 19.9 Å². The van der Waals surface area contributed by atoms with E-state index in [4.69, 9.17) is 41.3 Å². The number of hydrogen-bond acceptors (Lipinski definition) is 3. The number of rotatable bonds is 7. The first-order valence-corrected chi connectivity index (χ1v) is 5.79. The van der Waals surface area contributed by atoms with Crippen LogP contribution in [-0.2, 0) is 14.3 Å². The van der Waals surface area contributed by atoms with Crippen molar-refractivity contribution in [1.82, 2.24) is 10.9 Å². The molecule has 0 aromatic carbocycles. The highest BCUT2D eigenvalue weighted by Gasteiger charge is 2.14. The van der Waals surface area contributed by atoms with Gasteiger partial charge in [-0.3, -0.25) is 9.59 Å². The lowest BCUT2D eigenvalue weighted by Crippen LogP contribution is -2.28. The van der Waals surface area contributed by atoms with Gasteiger partial charge in [-0.25, -0.2) is 0 Å². The number of hydrogen-bond donors (Lipinski definition) is 2. The average Bonchev–Trinajstić information content (AvgIpc) is 2.69. The van der Waals surface area contributed by atoms with Gasteiger partial charge in [-0.15, -0.1) is 4.48 Å². The van der Waals surface area contributed by atoms with Gasteiger partial charge in [-0.1, -0.05) is 13.8 Å². The Morgan fingerprint density at radius 1 is 0.917 bits per heavy atom. The molecule has 0 aromatic rings. The highest BCUT2D eigenvalue weighted by molar-refractivity contribution is 5.78. The maximum absolute atomic E-state index is 11.7. The molecule has 0 spiro atoms. The number of amides is 2. The van der Waals surface area contributed by atoms with E-state index in [0.29, 0.717) is 13.0 Å².